The molecule has 61 heavy (non-hydrogen) atoms. The monoisotopic (exact) mass is 833 g/mol. The first-order valence-corrected chi connectivity index (χ1v) is 22.5. The minimum atomic E-state index is -0.856. The fourth-order valence-corrected chi connectivity index (χ4v) is 4.98. The predicted octanol–water partition coefficient (Wildman–Crippen LogP) is 14.6. The lowest BCUT2D eigenvalue weighted by molar-refractivity contribution is -0.167. The Hall–Kier alpha value is -5.49. The van der Waals surface area contributed by atoms with Crippen molar-refractivity contribution in [2.45, 2.75) is 130 Å². The molecule has 0 aliphatic rings. The molecule has 0 saturated heterocycles. The topological polar surface area (TPSA) is 78.9 Å². The van der Waals surface area contributed by atoms with E-state index in [9.17, 15) is 14.4 Å². The van der Waals surface area contributed by atoms with Crippen LogP contribution in [0.25, 0.3) is 0 Å². The third-order valence-corrected chi connectivity index (χ3v) is 8.27. The summed E-state index contributed by atoms with van der Waals surface area (Å²) in [5.41, 5.74) is 0. The van der Waals surface area contributed by atoms with Crippen LogP contribution in [0.3, 0.4) is 0 Å². The summed E-state index contributed by atoms with van der Waals surface area (Å²) in [4.78, 5) is 37.8. The average molecular weight is 833 g/mol. The molecule has 0 heterocycles. The van der Waals surface area contributed by atoms with Gasteiger partial charge in [-0.2, -0.15) is 0 Å². The Labute approximate surface area is 370 Å². The Balaban J connectivity index is 4.73. The molecule has 0 amide bonds. The van der Waals surface area contributed by atoms with Crippen LogP contribution in [0.1, 0.15) is 124 Å². The molecular weight excluding hydrogens is 757 g/mol. The zero-order chi connectivity index (χ0) is 44.4. The van der Waals surface area contributed by atoms with Gasteiger partial charge in [0.2, 0.25) is 0 Å². The van der Waals surface area contributed by atoms with E-state index < -0.39 is 12.1 Å². The first-order chi connectivity index (χ1) is 30.0. The van der Waals surface area contributed by atoms with Gasteiger partial charge in [-0.1, -0.05) is 216 Å². The lowest BCUT2D eigenvalue weighted by atomic mass is 10.1. The highest BCUT2D eigenvalue weighted by molar-refractivity contribution is 5.71. The molecule has 0 spiro atoms. The van der Waals surface area contributed by atoms with Crippen molar-refractivity contribution in [1.29, 1.82) is 0 Å². The van der Waals surface area contributed by atoms with E-state index in [1.54, 1.807) is 0 Å². The molecule has 0 radical (unpaired) electrons. The van der Waals surface area contributed by atoms with Crippen molar-refractivity contribution in [3.8, 4) is 0 Å². The van der Waals surface area contributed by atoms with E-state index in [4.69, 9.17) is 14.2 Å². The Kier molecular flexibility index (Phi) is 42.9. The van der Waals surface area contributed by atoms with Gasteiger partial charge in [-0.05, 0) is 70.6 Å². The summed E-state index contributed by atoms with van der Waals surface area (Å²) in [6.07, 6.45) is 71.6. The smallest absolute Gasteiger partial charge is 0.306 e. The minimum Gasteiger partial charge on any atom is -0.462 e. The van der Waals surface area contributed by atoms with Gasteiger partial charge in [-0.15, -0.1) is 0 Å². The van der Waals surface area contributed by atoms with E-state index in [2.05, 4.69) is 51.2 Å². The zero-order valence-electron chi connectivity index (χ0n) is 37.6. The Morgan fingerprint density at radius 3 is 0.951 bits per heavy atom. The van der Waals surface area contributed by atoms with Crippen LogP contribution < -0.4 is 0 Å². The van der Waals surface area contributed by atoms with Crippen molar-refractivity contribution in [3.05, 3.63) is 182 Å². The van der Waals surface area contributed by atoms with Gasteiger partial charge in [0.05, 0.1) is 0 Å². The van der Waals surface area contributed by atoms with Gasteiger partial charge < -0.3 is 14.2 Å². The van der Waals surface area contributed by atoms with Crippen LogP contribution in [0, 0.1) is 0 Å². The van der Waals surface area contributed by atoms with Crippen LogP contribution >= 0.6 is 0 Å². The average Bonchev–Trinajstić information content (AvgIpc) is 3.26. The van der Waals surface area contributed by atoms with Gasteiger partial charge in [0.1, 0.15) is 13.2 Å². The second-order valence-electron chi connectivity index (χ2n) is 13.8. The molecule has 0 aromatic heterocycles. The third-order valence-electron chi connectivity index (χ3n) is 8.27. The van der Waals surface area contributed by atoms with Gasteiger partial charge in [0.15, 0.2) is 6.10 Å². The van der Waals surface area contributed by atoms with Crippen LogP contribution in [0.5, 0.6) is 0 Å². The number of carbonyl (C=O) groups excluding carboxylic acids is 3. The Bertz CT molecular complexity index is 1560. The molecule has 0 N–H and O–H groups in total. The van der Waals surface area contributed by atoms with Crippen LogP contribution in [0.2, 0.25) is 0 Å². The molecule has 0 aromatic carbocycles. The Morgan fingerprint density at radius 1 is 0.328 bits per heavy atom. The van der Waals surface area contributed by atoms with Crippen LogP contribution in [-0.4, -0.2) is 37.2 Å². The van der Waals surface area contributed by atoms with Gasteiger partial charge >= 0.3 is 17.9 Å². The fraction of sp³-hybridized carbons (Fsp3) is 0.400. The number of esters is 3. The van der Waals surface area contributed by atoms with E-state index in [-0.39, 0.29) is 44.4 Å². The number of allylic oxidation sites excluding steroid dienone is 30. The maximum atomic E-state index is 12.7. The minimum absolute atomic E-state index is 0.152. The zero-order valence-corrected chi connectivity index (χ0v) is 37.6. The highest BCUT2D eigenvalue weighted by Gasteiger charge is 2.19. The van der Waals surface area contributed by atoms with E-state index in [1.165, 1.54) is 0 Å². The first-order valence-electron chi connectivity index (χ1n) is 22.5. The number of hydrogen-bond acceptors (Lipinski definition) is 6. The second kappa shape index (κ2) is 47.2. The number of hydrogen-bond donors (Lipinski definition) is 0. The van der Waals surface area contributed by atoms with Crippen molar-refractivity contribution < 1.29 is 28.6 Å². The SMILES string of the molecule is CC/C=C/C=C/C=C/C=C/C=C/CCCCCC(=O)OCC(COC(=O)CCC/C=C/C=C/C=C/C=C/C=C/CC)OC(=O)CCCCC/C=C/C=C/C=C/C=C/C=C/CC. The van der Waals surface area contributed by atoms with Crippen molar-refractivity contribution in [1.82, 2.24) is 0 Å². The van der Waals surface area contributed by atoms with Crippen molar-refractivity contribution in [2.24, 2.45) is 0 Å². The third kappa shape index (κ3) is 45.4. The summed E-state index contributed by atoms with van der Waals surface area (Å²) >= 11 is 0. The molecule has 1 atom stereocenters. The van der Waals surface area contributed by atoms with E-state index in [1.807, 2.05) is 152 Å². The molecule has 0 rings (SSSR count). The van der Waals surface area contributed by atoms with Crippen LogP contribution in [0.15, 0.2) is 182 Å². The molecule has 6 nitrogen and oxygen atoms in total. The number of ether oxygens (including phenoxy) is 3. The van der Waals surface area contributed by atoms with E-state index in [0.717, 1.165) is 64.2 Å². The summed E-state index contributed by atoms with van der Waals surface area (Å²) in [5, 5.41) is 0. The van der Waals surface area contributed by atoms with Gasteiger partial charge in [-0.25, -0.2) is 0 Å². The predicted molar refractivity (Wildman–Crippen MR) is 260 cm³/mol. The van der Waals surface area contributed by atoms with Gasteiger partial charge in [0.25, 0.3) is 0 Å². The fourth-order valence-electron chi connectivity index (χ4n) is 4.98. The van der Waals surface area contributed by atoms with Crippen molar-refractivity contribution in [3.63, 3.8) is 0 Å². The van der Waals surface area contributed by atoms with E-state index >= 15 is 0 Å². The molecule has 0 aliphatic carbocycles. The number of rotatable bonds is 36. The number of carbonyl (C=O) groups is 3. The summed E-state index contributed by atoms with van der Waals surface area (Å²) in [6, 6.07) is 0. The highest BCUT2D eigenvalue weighted by atomic mass is 16.6. The summed E-state index contributed by atoms with van der Waals surface area (Å²) < 4.78 is 16.6. The van der Waals surface area contributed by atoms with Gasteiger partial charge in [0, 0.05) is 19.3 Å². The summed E-state index contributed by atoms with van der Waals surface area (Å²) in [6.45, 7) is 6.01. The molecule has 0 bridgehead atoms. The second-order valence-corrected chi connectivity index (χ2v) is 13.8. The lowest BCUT2D eigenvalue weighted by Crippen LogP contribution is -2.30. The molecule has 0 aromatic rings. The largest absolute Gasteiger partial charge is 0.462 e. The van der Waals surface area contributed by atoms with Crippen molar-refractivity contribution in [2.75, 3.05) is 13.2 Å². The van der Waals surface area contributed by atoms with Gasteiger partial charge in [-0.3, -0.25) is 14.4 Å². The highest BCUT2D eigenvalue weighted by Crippen LogP contribution is 2.10. The molecule has 332 valence electrons. The first kappa shape index (κ1) is 55.5. The normalized spacial score (nSPS) is 13.8. The Morgan fingerprint density at radius 2 is 0.607 bits per heavy atom. The maximum absolute atomic E-state index is 12.7. The standard InChI is InChI=1S/C55H76O6/c1-4-7-10-13-16-19-22-25-27-30-33-36-39-42-45-48-54(57)60-51-52(50-59-53(56)47-44-41-38-35-32-29-24-21-18-15-12-9-6-3)61-55(58)49-46-43-40-37-34-31-28-26-23-20-17-14-11-8-5-2/h7-35,38,52H,4-6,36-37,39-51H2,1-3H3/b10-7+,11-8+,12-9+,16-13+,17-14+,18-15+,22-19+,23-20+,24-21+,27-25+,28-26+,32-29+,33-30+,34-31+,38-35+. The molecule has 0 aliphatic heterocycles. The molecule has 6 heteroatoms. The lowest BCUT2D eigenvalue weighted by Gasteiger charge is -2.18. The quantitative estimate of drug-likeness (QED) is 0.0271. The van der Waals surface area contributed by atoms with Crippen LogP contribution in [0.4, 0.5) is 0 Å². The van der Waals surface area contributed by atoms with Crippen molar-refractivity contribution >= 4 is 17.9 Å². The summed E-state index contributed by atoms with van der Waals surface area (Å²) in [5.74, 6) is -1.13. The van der Waals surface area contributed by atoms with Crippen LogP contribution in [-0.2, 0) is 28.6 Å². The number of unbranched alkanes of at least 4 members (excludes halogenated alkanes) is 7. The summed E-state index contributed by atoms with van der Waals surface area (Å²) in [7, 11) is 0. The molecule has 0 saturated carbocycles. The maximum Gasteiger partial charge on any atom is 0.306 e. The van der Waals surface area contributed by atoms with E-state index in [0.29, 0.717) is 19.3 Å². The molecular formula is C55H76O6. The molecule has 1 unspecified atom stereocenters. The molecule has 0 fully saturated rings.